The highest BCUT2D eigenvalue weighted by Crippen LogP contribution is 2.33. The lowest BCUT2D eigenvalue weighted by molar-refractivity contribution is -0.130. The zero-order chi connectivity index (χ0) is 10.1. The van der Waals surface area contributed by atoms with Gasteiger partial charge < -0.3 is 4.74 Å². The normalized spacial score (nSPS) is 33.7. The number of nitrogens with zero attached hydrogens (tertiary/aromatic N) is 1. The van der Waals surface area contributed by atoms with Crippen molar-refractivity contribution in [2.24, 2.45) is 10.9 Å². The van der Waals surface area contributed by atoms with E-state index in [0.717, 1.165) is 0 Å². The number of esters is 1. The molecule has 2 atom stereocenters. The number of ether oxygens (including phenoxy) is 1. The van der Waals surface area contributed by atoms with Gasteiger partial charge in [-0.3, -0.25) is 0 Å². The summed E-state index contributed by atoms with van der Waals surface area (Å²) in [6.45, 7) is 3.87. The Kier molecular flexibility index (Phi) is 2.46. The van der Waals surface area contributed by atoms with Gasteiger partial charge in [0.25, 0.3) is 0 Å². The number of cyclic esters (lactones) is 1. The monoisotopic (exact) mass is 209 g/mol. The van der Waals surface area contributed by atoms with E-state index in [-0.39, 0.29) is 11.2 Å². The first kappa shape index (κ1) is 9.52. The third kappa shape index (κ3) is 1.50. The van der Waals surface area contributed by atoms with Crippen molar-refractivity contribution in [1.82, 2.24) is 0 Å². The fraction of sp³-hybridized carbons (Fsp3) is 0.400. The summed E-state index contributed by atoms with van der Waals surface area (Å²) in [6, 6.07) is 0. The molecule has 0 saturated carbocycles. The number of carbonyl (C=O) groups is 1. The van der Waals surface area contributed by atoms with Crippen LogP contribution in [0.2, 0.25) is 0 Å². The number of thioether (sulfide) groups is 1. The van der Waals surface area contributed by atoms with E-state index in [1.165, 1.54) is 0 Å². The van der Waals surface area contributed by atoms with E-state index in [0.29, 0.717) is 17.5 Å². The van der Waals surface area contributed by atoms with Gasteiger partial charge in [-0.25, -0.2) is 9.79 Å². The van der Waals surface area contributed by atoms with Gasteiger partial charge in [0.2, 0.25) is 5.90 Å². The first-order valence-corrected chi connectivity index (χ1v) is 5.46. The average molecular weight is 209 g/mol. The Morgan fingerprint density at radius 3 is 2.93 bits per heavy atom. The molecule has 3 nitrogen and oxygen atoms in total. The van der Waals surface area contributed by atoms with Crippen molar-refractivity contribution < 1.29 is 9.53 Å². The number of hydrogen-bond donors (Lipinski definition) is 0. The Balaban J connectivity index is 2.18. The van der Waals surface area contributed by atoms with Crippen LogP contribution in [0.4, 0.5) is 0 Å². The quantitative estimate of drug-likeness (QED) is 0.490. The minimum absolute atomic E-state index is 0.163. The van der Waals surface area contributed by atoms with E-state index in [2.05, 4.69) is 18.0 Å². The molecular formula is C10H11NO2S. The maximum Gasteiger partial charge on any atom is 0.363 e. The zero-order valence-electron chi connectivity index (χ0n) is 8.06. The maximum absolute atomic E-state index is 11.2. The van der Waals surface area contributed by atoms with Crippen LogP contribution in [0.1, 0.15) is 13.8 Å². The highest BCUT2D eigenvalue weighted by atomic mass is 32.2. The molecule has 2 unspecified atom stereocenters. The van der Waals surface area contributed by atoms with Crippen LogP contribution >= 0.6 is 11.8 Å². The van der Waals surface area contributed by atoms with Crippen molar-refractivity contribution in [2.75, 3.05) is 0 Å². The molecule has 2 aliphatic rings. The van der Waals surface area contributed by atoms with Crippen molar-refractivity contribution in [1.29, 1.82) is 0 Å². The summed E-state index contributed by atoms with van der Waals surface area (Å²) in [4.78, 5) is 15.4. The maximum atomic E-state index is 11.2. The minimum atomic E-state index is -0.331. The average Bonchev–Trinajstić information content (AvgIpc) is 2.71. The topological polar surface area (TPSA) is 38.7 Å². The second-order valence-electron chi connectivity index (χ2n) is 3.26. The van der Waals surface area contributed by atoms with Crippen molar-refractivity contribution in [3.05, 3.63) is 23.3 Å². The van der Waals surface area contributed by atoms with E-state index in [1.54, 1.807) is 24.8 Å². The molecule has 0 amide bonds. The number of hydrogen-bond acceptors (Lipinski definition) is 4. The summed E-state index contributed by atoms with van der Waals surface area (Å²) in [5.41, 5.74) is 0.416. The molecule has 0 saturated heterocycles. The fourth-order valence-corrected chi connectivity index (χ4v) is 2.46. The van der Waals surface area contributed by atoms with Gasteiger partial charge in [-0.1, -0.05) is 19.1 Å². The van der Waals surface area contributed by atoms with E-state index in [4.69, 9.17) is 4.74 Å². The lowest BCUT2D eigenvalue weighted by Crippen LogP contribution is -2.22. The Morgan fingerprint density at radius 1 is 1.64 bits per heavy atom. The van der Waals surface area contributed by atoms with Crippen LogP contribution < -0.4 is 0 Å². The molecule has 0 aliphatic carbocycles. The highest BCUT2D eigenvalue weighted by Gasteiger charge is 2.33. The van der Waals surface area contributed by atoms with Crippen LogP contribution in [0.5, 0.6) is 0 Å². The third-order valence-electron chi connectivity index (χ3n) is 2.24. The lowest BCUT2D eigenvalue weighted by Gasteiger charge is -2.11. The molecule has 0 N–H and O–H groups in total. The van der Waals surface area contributed by atoms with Gasteiger partial charge in [0.1, 0.15) is 5.70 Å². The van der Waals surface area contributed by atoms with E-state index in [1.807, 2.05) is 5.41 Å². The molecule has 0 fully saturated rings. The molecule has 2 aliphatic heterocycles. The van der Waals surface area contributed by atoms with Gasteiger partial charge in [-0.05, 0) is 18.2 Å². The Morgan fingerprint density at radius 2 is 2.43 bits per heavy atom. The third-order valence-corrected chi connectivity index (χ3v) is 3.48. The standard InChI is InChI=1S/C10H11NO2S/c1-3-7-10(12)13-9(11-7)8-6(2)4-5-14-8/h3-6,8H,1-2H3/b7-3-. The van der Waals surface area contributed by atoms with Gasteiger partial charge in [-0.2, -0.15) is 0 Å². The molecule has 14 heavy (non-hydrogen) atoms. The van der Waals surface area contributed by atoms with Crippen LogP contribution in [-0.2, 0) is 9.53 Å². The predicted octanol–water partition coefficient (Wildman–Crippen LogP) is 2.11. The summed E-state index contributed by atoms with van der Waals surface area (Å²) in [7, 11) is 0. The Bertz CT molecular complexity index is 357. The minimum Gasteiger partial charge on any atom is -0.406 e. The van der Waals surface area contributed by atoms with E-state index < -0.39 is 0 Å². The summed E-state index contributed by atoms with van der Waals surface area (Å²) >= 11 is 1.65. The van der Waals surface area contributed by atoms with E-state index >= 15 is 0 Å². The first-order valence-electron chi connectivity index (χ1n) is 4.51. The van der Waals surface area contributed by atoms with Gasteiger partial charge in [0.15, 0.2) is 0 Å². The van der Waals surface area contributed by atoms with Crippen LogP contribution in [0, 0.1) is 5.92 Å². The lowest BCUT2D eigenvalue weighted by atomic mass is 10.1. The molecule has 2 heterocycles. The smallest absolute Gasteiger partial charge is 0.363 e. The largest absolute Gasteiger partial charge is 0.406 e. The molecule has 4 heteroatoms. The number of allylic oxidation sites excluding steroid dienone is 2. The molecule has 0 bridgehead atoms. The number of carbonyl (C=O) groups excluding carboxylic acids is 1. The van der Waals surface area contributed by atoms with Crippen LogP contribution in [0.25, 0.3) is 0 Å². The second-order valence-corrected chi connectivity index (χ2v) is 4.31. The summed E-state index contributed by atoms with van der Waals surface area (Å²) < 4.78 is 5.10. The van der Waals surface area contributed by atoms with Gasteiger partial charge in [0.05, 0.1) is 5.25 Å². The van der Waals surface area contributed by atoms with Crippen LogP contribution in [0.3, 0.4) is 0 Å². The number of rotatable bonds is 1. The van der Waals surface area contributed by atoms with Gasteiger partial charge in [-0.15, -0.1) is 11.8 Å². The predicted molar refractivity (Wildman–Crippen MR) is 57.0 cm³/mol. The Hall–Kier alpha value is -1.03. The van der Waals surface area contributed by atoms with Crippen molar-refractivity contribution >= 4 is 23.6 Å². The van der Waals surface area contributed by atoms with Crippen molar-refractivity contribution in [3.63, 3.8) is 0 Å². The van der Waals surface area contributed by atoms with Gasteiger partial charge >= 0.3 is 5.97 Å². The molecule has 0 aromatic carbocycles. The fourth-order valence-electron chi connectivity index (χ4n) is 1.40. The molecular weight excluding hydrogens is 198 g/mol. The summed E-state index contributed by atoms with van der Waals surface area (Å²) in [5.74, 6) is 0.593. The molecule has 2 rings (SSSR count). The molecule has 0 spiro atoms. The summed E-state index contributed by atoms with van der Waals surface area (Å²) in [5, 5.41) is 2.19. The van der Waals surface area contributed by atoms with Crippen molar-refractivity contribution in [3.8, 4) is 0 Å². The zero-order valence-corrected chi connectivity index (χ0v) is 8.88. The van der Waals surface area contributed by atoms with Crippen LogP contribution in [0.15, 0.2) is 28.2 Å². The van der Waals surface area contributed by atoms with Gasteiger partial charge in [0, 0.05) is 0 Å². The second kappa shape index (κ2) is 3.61. The van der Waals surface area contributed by atoms with Crippen LogP contribution in [-0.4, -0.2) is 17.1 Å². The van der Waals surface area contributed by atoms with E-state index in [9.17, 15) is 4.79 Å². The highest BCUT2D eigenvalue weighted by molar-refractivity contribution is 8.03. The van der Waals surface area contributed by atoms with Crippen molar-refractivity contribution in [2.45, 2.75) is 19.1 Å². The summed E-state index contributed by atoms with van der Waals surface area (Å²) in [6.07, 6.45) is 3.77. The Labute approximate surface area is 86.9 Å². The molecule has 74 valence electrons. The number of aliphatic imine (C=N–C) groups is 1. The first-order chi connectivity index (χ1) is 6.72. The molecule has 0 aromatic rings. The SMILES string of the molecule is C/C=C1\N=C(C2SC=CC2C)OC1=O. The molecule has 0 radical (unpaired) electrons. The molecule has 0 aromatic heterocycles.